The minimum absolute atomic E-state index is 0.194. The first-order chi connectivity index (χ1) is 14.1. The molecule has 2 heterocycles. The molecule has 0 atom stereocenters. The number of halogens is 1. The third-order valence-electron chi connectivity index (χ3n) is 4.44. The van der Waals surface area contributed by atoms with Gasteiger partial charge in [-0.3, -0.25) is 4.79 Å². The maximum atomic E-state index is 14.2. The molecule has 0 radical (unpaired) electrons. The highest BCUT2D eigenvalue weighted by Crippen LogP contribution is 2.20. The summed E-state index contributed by atoms with van der Waals surface area (Å²) in [5, 5.41) is 6.77. The molecule has 144 valence electrons. The fraction of sp³-hybridized carbons (Fsp3) is 0.0455. The van der Waals surface area contributed by atoms with Crippen molar-refractivity contribution in [1.29, 1.82) is 0 Å². The third kappa shape index (κ3) is 4.14. The molecule has 29 heavy (non-hydrogen) atoms. The summed E-state index contributed by atoms with van der Waals surface area (Å²) in [7, 11) is 0. The van der Waals surface area contributed by atoms with Gasteiger partial charge >= 0.3 is 0 Å². The first kappa shape index (κ1) is 18.4. The molecule has 1 amide bonds. The summed E-state index contributed by atoms with van der Waals surface area (Å²) in [6.07, 6.45) is 1.58. The standard InChI is InChI=1S/C22H18FN5O/c23-17-9-8-16(12-15(17)13-26-19-6-3-11-25-21(19)24)27-22(29)20-10-7-14-4-1-2-5-18(14)28-20/h1-12,26H,13H2,(H2,24,25)(H,27,29). The van der Waals surface area contributed by atoms with Crippen LogP contribution in [0.4, 0.5) is 21.6 Å². The van der Waals surface area contributed by atoms with Crippen LogP contribution in [0.25, 0.3) is 10.9 Å². The summed E-state index contributed by atoms with van der Waals surface area (Å²) in [6, 6.07) is 19.0. The van der Waals surface area contributed by atoms with E-state index in [1.54, 1.807) is 30.5 Å². The van der Waals surface area contributed by atoms with E-state index < -0.39 is 0 Å². The zero-order valence-corrected chi connectivity index (χ0v) is 15.4. The third-order valence-corrected chi connectivity index (χ3v) is 4.44. The van der Waals surface area contributed by atoms with Gasteiger partial charge in [-0.1, -0.05) is 24.3 Å². The molecule has 2 aromatic carbocycles. The smallest absolute Gasteiger partial charge is 0.274 e. The van der Waals surface area contributed by atoms with Crippen LogP contribution in [0.5, 0.6) is 0 Å². The molecule has 0 unspecified atom stereocenters. The lowest BCUT2D eigenvalue weighted by Gasteiger charge is -2.11. The molecule has 0 bridgehead atoms. The van der Waals surface area contributed by atoms with Crippen LogP contribution >= 0.6 is 0 Å². The topological polar surface area (TPSA) is 92.9 Å². The molecule has 6 nitrogen and oxygen atoms in total. The Labute approximate surface area is 166 Å². The lowest BCUT2D eigenvalue weighted by molar-refractivity contribution is 0.102. The molecule has 0 fully saturated rings. The van der Waals surface area contributed by atoms with Gasteiger partial charge in [0.05, 0.1) is 11.2 Å². The van der Waals surface area contributed by atoms with E-state index in [1.165, 1.54) is 12.1 Å². The molecule has 7 heteroatoms. The molecular formula is C22H18FN5O. The average Bonchev–Trinajstić information content (AvgIpc) is 2.74. The summed E-state index contributed by atoms with van der Waals surface area (Å²) in [5.41, 5.74) is 8.29. The zero-order chi connectivity index (χ0) is 20.2. The minimum Gasteiger partial charge on any atom is -0.382 e. The summed E-state index contributed by atoms with van der Waals surface area (Å²) in [5.74, 6) is -0.417. The molecule has 0 aliphatic rings. The number of nitrogens with zero attached hydrogens (tertiary/aromatic N) is 2. The molecule has 4 rings (SSSR count). The lowest BCUT2D eigenvalue weighted by Crippen LogP contribution is -2.14. The number of carbonyl (C=O) groups excluding carboxylic acids is 1. The number of fused-ring (bicyclic) bond motifs is 1. The Morgan fingerprint density at radius 1 is 1.03 bits per heavy atom. The van der Waals surface area contributed by atoms with Crippen molar-refractivity contribution in [1.82, 2.24) is 9.97 Å². The van der Waals surface area contributed by atoms with Crippen molar-refractivity contribution in [2.75, 3.05) is 16.4 Å². The monoisotopic (exact) mass is 387 g/mol. The normalized spacial score (nSPS) is 10.7. The maximum Gasteiger partial charge on any atom is 0.274 e. The Morgan fingerprint density at radius 2 is 1.90 bits per heavy atom. The molecule has 2 aromatic heterocycles. The Balaban J connectivity index is 1.50. The van der Waals surface area contributed by atoms with E-state index in [0.29, 0.717) is 22.8 Å². The number of hydrogen-bond donors (Lipinski definition) is 3. The highest BCUT2D eigenvalue weighted by molar-refractivity contribution is 6.04. The lowest BCUT2D eigenvalue weighted by atomic mass is 10.1. The van der Waals surface area contributed by atoms with Crippen LogP contribution in [-0.4, -0.2) is 15.9 Å². The molecule has 0 saturated carbocycles. The number of nitrogen functional groups attached to an aromatic ring is 1. The number of para-hydroxylation sites is 1. The van der Waals surface area contributed by atoms with E-state index in [4.69, 9.17) is 5.73 Å². The summed E-state index contributed by atoms with van der Waals surface area (Å²) in [6.45, 7) is 0.194. The van der Waals surface area contributed by atoms with Gasteiger partial charge in [0.25, 0.3) is 5.91 Å². The van der Waals surface area contributed by atoms with Gasteiger partial charge < -0.3 is 16.4 Å². The average molecular weight is 387 g/mol. The Kier molecular flexibility index (Phi) is 5.03. The van der Waals surface area contributed by atoms with Gasteiger partial charge in [0, 0.05) is 29.4 Å². The highest BCUT2D eigenvalue weighted by Gasteiger charge is 2.11. The largest absolute Gasteiger partial charge is 0.382 e. The van der Waals surface area contributed by atoms with Crippen LogP contribution in [0.15, 0.2) is 72.9 Å². The zero-order valence-electron chi connectivity index (χ0n) is 15.4. The van der Waals surface area contributed by atoms with E-state index >= 15 is 0 Å². The van der Waals surface area contributed by atoms with Gasteiger partial charge in [-0.05, 0) is 42.5 Å². The number of amides is 1. The van der Waals surface area contributed by atoms with Crippen molar-refractivity contribution in [3.63, 3.8) is 0 Å². The summed E-state index contributed by atoms with van der Waals surface area (Å²) >= 11 is 0. The molecule has 0 aliphatic carbocycles. The Morgan fingerprint density at radius 3 is 2.76 bits per heavy atom. The number of rotatable bonds is 5. The first-order valence-corrected chi connectivity index (χ1v) is 9.00. The van der Waals surface area contributed by atoms with E-state index in [2.05, 4.69) is 20.6 Å². The predicted octanol–water partition coefficient (Wildman–Crippen LogP) is 4.22. The van der Waals surface area contributed by atoms with Gasteiger partial charge in [0.1, 0.15) is 17.3 Å². The number of anilines is 3. The number of benzene rings is 2. The van der Waals surface area contributed by atoms with Crippen LogP contribution in [0.3, 0.4) is 0 Å². The summed E-state index contributed by atoms with van der Waals surface area (Å²) < 4.78 is 14.2. The predicted molar refractivity (Wildman–Crippen MR) is 112 cm³/mol. The second-order valence-electron chi connectivity index (χ2n) is 6.44. The van der Waals surface area contributed by atoms with E-state index in [1.807, 2.05) is 30.3 Å². The molecular weight excluding hydrogens is 369 g/mol. The molecule has 4 N–H and O–H groups in total. The second kappa shape index (κ2) is 7.93. The van der Waals surface area contributed by atoms with E-state index in [-0.39, 0.29) is 24.0 Å². The van der Waals surface area contributed by atoms with Gasteiger partial charge in [0.2, 0.25) is 0 Å². The van der Waals surface area contributed by atoms with Gasteiger partial charge in [0.15, 0.2) is 0 Å². The van der Waals surface area contributed by atoms with Crippen LogP contribution in [0, 0.1) is 5.82 Å². The number of carbonyl (C=O) groups is 1. The summed E-state index contributed by atoms with van der Waals surface area (Å²) in [4.78, 5) is 20.9. The molecule has 0 spiro atoms. The first-order valence-electron chi connectivity index (χ1n) is 9.00. The number of hydrogen-bond acceptors (Lipinski definition) is 5. The highest BCUT2D eigenvalue weighted by atomic mass is 19.1. The van der Waals surface area contributed by atoms with Crippen molar-refractivity contribution in [2.45, 2.75) is 6.54 Å². The quantitative estimate of drug-likeness (QED) is 0.477. The number of nitrogens with two attached hydrogens (primary N) is 1. The molecule has 0 saturated heterocycles. The van der Waals surface area contributed by atoms with Crippen LogP contribution in [0.1, 0.15) is 16.1 Å². The van der Waals surface area contributed by atoms with Crippen molar-refractivity contribution in [2.24, 2.45) is 0 Å². The van der Waals surface area contributed by atoms with Crippen LogP contribution < -0.4 is 16.4 Å². The van der Waals surface area contributed by atoms with Gasteiger partial charge in [-0.25, -0.2) is 14.4 Å². The fourth-order valence-corrected chi connectivity index (χ4v) is 2.93. The fourth-order valence-electron chi connectivity index (χ4n) is 2.93. The number of nitrogens with one attached hydrogen (secondary N) is 2. The van der Waals surface area contributed by atoms with Crippen molar-refractivity contribution < 1.29 is 9.18 Å². The van der Waals surface area contributed by atoms with Crippen LogP contribution in [0.2, 0.25) is 0 Å². The van der Waals surface area contributed by atoms with Crippen molar-refractivity contribution in [3.05, 3.63) is 90.0 Å². The SMILES string of the molecule is Nc1ncccc1NCc1cc(NC(=O)c2ccc3ccccc3n2)ccc1F. The van der Waals surface area contributed by atoms with Gasteiger partial charge in [-0.15, -0.1) is 0 Å². The second-order valence-corrected chi connectivity index (χ2v) is 6.44. The number of aromatic nitrogens is 2. The Bertz CT molecular complexity index is 1190. The van der Waals surface area contributed by atoms with E-state index in [0.717, 1.165) is 10.9 Å². The van der Waals surface area contributed by atoms with Gasteiger partial charge in [-0.2, -0.15) is 0 Å². The maximum absolute atomic E-state index is 14.2. The van der Waals surface area contributed by atoms with Crippen molar-refractivity contribution in [3.8, 4) is 0 Å². The number of pyridine rings is 2. The van der Waals surface area contributed by atoms with E-state index in [9.17, 15) is 9.18 Å². The van der Waals surface area contributed by atoms with Crippen molar-refractivity contribution >= 4 is 34.0 Å². The molecule has 0 aliphatic heterocycles. The van der Waals surface area contributed by atoms with Crippen LogP contribution in [-0.2, 0) is 6.54 Å². The molecule has 4 aromatic rings. The minimum atomic E-state index is -0.387. The Hall–Kier alpha value is -4.00.